The minimum absolute atomic E-state index is 0.0544. The quantitative estimate of drug-likeness (QED) is 0.555. The number of benzene rings is 2. The molecule has 2 aliphatic rings. The van der Waals surface area contributed by atoms with Gasteiger partial charge in [0.25, 0.3) is 5.91 Å². The van der Waals surface area contributed by atoms with Crippen molar-refractivity contribution < 1.29 is 9.35 Å². The maximum absolute atomic E-state index is 13.6. The predicted octanol–water partition coefficient (Wildman–Crippen LogP) is 3.82. The van der Waals surface area contributed by atoms with E-state index in [4.69, 9.17) is 0 Å². The highest BCUT2D eigenvalue weighted by molar-refractivity contribution is 7.88. The Hall–Kier alpha value is -2.92. The highest BCUT2D eigenvalue weighted by Gasteiger charge is 2.44. The van der Waals surface area contributed by atoms with Gasteiger partial charge in [0.2, 0.25) is 0 Å². The van der Waals surface area contributed by atoms with Crippen LogP contribution in [0.15, 0.2) is 48.7 Å². The second-order valence-electron chi connectivity index (χ2n) is 8.98. The van der Waals surface area contributed by atoms with E-state index in [2.05, 4.69) is 11.1 Å². The van der Waals surface area contributed by atoms with Crippen molar-refractivity contribution in [2.75, 3.05) is 32.4 Å². The summed E-state index contributed by atoms with van der Waals surface area (Å²) in [6.07, 6.45) is 5.17. The first-order valence-corrected chi connectivity index (χ1v) is 12.7. The number of fused-ring (bicyclic) bond motifs is 1. The van der Waals surface area contributed by atoms with Crippen molar-refractivity contribution in [1.82, 2.24) is 14.2 Å². The Morgan fingerprint density at radius 3 is 2.42 bits per heavy atom. The number of rotatable bonds is 4. The third-order valence-corrected chi connectivity index (χ3v) is 7.93. The lowest BCUT2D eigenvalue weighted by atomic mass is 9.91. The van der Waals surface area contributed by atoms with Gasteiger partial charge in [-0.15, -0.1) is 4.31 Å². The van der Waals surface area contributed by atoms with Gasteiger partial charge in [-0.05, 0) is 42.5 Å². The van der Waals surface area contributed by atoms with Gasteiger partial charge in [-0.1, -0.05) is 36.4 Å². The van der Waals surface area contributed by atoms with Crippen LogP contribution in [0, 0.1) is 18.3 Å². The summed E-state index contributed by atoms with van der Waals surface area (Å²) in [6.45, 7) is 4.29. The molecule has 3 aromatic rings. The average Bonchev–Trinajstić information content (AvgIpc) is 3.64. The molecule has 1 aliphatic carbocycles. The number of hydrogen-bond donors (Lipinski definition) is 0. The van der Waals surface area contributed by atoms with Gasteiger partial charge in [0.05, 0.1) is 35.7 Å². The lowest BCUT2D eigenvalue weighted by Crippen LogP contribution is -2.50. The number of aryl methyl sites for hydroxylation is 1. The van der Waals surface area contributed by atoms with E-state index in [1.807, 2.05) is 58.6 Å². The molecular weight excluding hydrogens is 432 g/mol. The number of amides is 1. The summed E-state index contributed by atoms with van der Waals surface area (Å²) in [5.74, 6) is -0.0544. The van der Waals surface area contributed by atoms with E-state index in [1.54, 1.807) is 12.5 Å². The van der Waals surface area contributed by atoms with Crippen molar-refractivity contribution in [3.63, 3.8) is 0 Å². The monoisotopic (exact) mass is 458 g/mol. The highest BCUT2D eigenvalue weighted by atomic mass is 32.2. The summed E-state index contributed by atoms with van der Waals surface area (Å²) in [5, 5.41) is 10.5. The third kappa shape index (κ3) is 3.99. The zero-order valence-electron chi connectivity index (χ0n) is 18.9. The van der Waals surface area contributed by atoms with E-state index < -0.39 is 11.4 Å². The summed E-state index contributed by atoms with van der Waals surface area (Å²) < 4.78 is 13.7. The van der Waals surface area contributed by atoms with Crippen LogP contribution in [0.5, 0.6) is 0 Å². The number of pyridine rings is 1. The molecule has 1 aliphatic heterocycles. The van der Waals surface area contributed by atoms with Crippen molar-refractivity contribution in [2.45, 2.75) is 25.2 Å². The zero-order chi connectivity index (χ0) is 23.2. The van der Waals surface area contributed by atoms with Crippen LogP contribution in [-0.2, 0) is 16.8 Å². The van der Waals surface area contributed by atoms with Gasteiger partial charge in [-0.25, -0.2) is 0 Å². The Morgan fingerprint density at radius 2 is 1.82 bits per heavy atom. The van der Waals surface area contributed by atoms with Crippen molar-refractivity contribution >= 4 is 28.2 Å². The number of carbonyl (C=O) groups is 1. The van der Waals surface area contributed by atoms with Crippen LogP contribution in [0.1, 0.15) is 34.3 Å². The molecule has 1 aromatic heterocycles. The minimum Gasteiger partial charge on any atom is -0.598 e. The van der Waals surface area contributed by atoms with Gasteiger partial charge in [-0.2, -0.15) is 5.26 Å². The van der Waals surface area contributed by atoms with Crippen LogP contribution < -0.4 is 0 Å². The molecule has 6 nitrogen and oxygen atoms in total. The molecule has 1 atom stereocenters. The molecule has 0 spiro atoms. The number of piperazine rings is 1. The topological polar surface area (TPSA) is 83.3 Å². The smallest absolute Gasteiger partial charge is 0.256 e. The molecule has 1 saturated carbocycles. The summed E-state index contributed by atoms with van der Waals surface area (Å²) in [5.41, 5.74) is 5.07. The Kier molecular flexibility index (Phi) is 5.61. The van der Waals surface area contributed by atoms with E-state index in [-0.39, 0.29) is 11.3 Å². The SMILES string of the molecule is Cc1ccc2c(-c3ccc(C4(C#N)CC4)cc3)c(C(=O)N3CCN([S+](C)[O-])CC3)cnc2c1. The van der Waals surface area contributed by atoms with Gasteiger partial charge >= 0.3 is 0 Å². The summed E-state index contributed by atoms with van der Waals surface area (Å²) in [6, 6.07) is 16.7. The largest absolute Gasteiger partial charge is 0.598 e. The standard InChI is InChI=1S/C26H26N4O2S/c1-18-3-8-21-23(15-18)28-16-22(25(31)29-11-13-30(14-12-29)33(2)32)24(21)19-4-6-20(7-5-19)26(17-27)9-10-26/h3-8,15-16H,9-14H2,1-2H3. The molecule has 33 heavy (non-hydrogen) atoms. The van der Waals surface area contributed by atoms with Crippen LogP contribution in [0.3, 0.4) is 0 Å². The number of carbonyl (C=O) groups excluding carboxylic acids is 1. The summed E-state index contributed by atoms with van der Waals surface area (Å²) >= 11 is -1.03. The molecule has 2 heterocycles. The van der Waals surface area contributed by atoms with E-state index in [9.17, 15) is 14.6 Å². The maximum Gasteiger partial charge on any atom is 0.256 e. The van der Waals surface area contributed by atoms with E-state index in [0.717, 1.165) is 46.0 Å². The Labute approximate surface area is 197 Å². The molecule has 0 N–H and O–H groups in total. The van der Waals surface area contributed by atoms with E-state index in [1.165, 1.54) is 0 Å². The van der Waals surface area contributed by atoms with Crippen molar-refractivity contribution in [3.8, 4) is 17.2 Å². The molecule has 2 fully saturated rings. The van der Waals surface area contributed by atoms with Gasteiger partial charge < -0.3 is 9.45 Å². The molecule has 0 radical (unpaired) electrons. The van der Waals surface area contributed by atoms with Crippen LogP contribution in [0.4, 0.5) is 0 Å². The Balaban J connectivity index is 1.56. The van der Waals surface area contributed by atoms with Crippen LogP contribution >= 0.6 is 0 Å². The van der Waals surface area contributed by atoms with Crippen molar-refractivity contribution in [1.29, 1.82) is 5.26 Å². The van der Waals surface area contributed by atoms with Gasteiger partial charge in [0, 0.05) is 41.6 Å². The molecule has 1 amide bonds. The van der Waals surface area contributed by atoms with E-state index >= 15 is 0 Å². The van der Waals surface area contributed by atoms with Crippen LogP contribution in [0.2, 0.25) is 0 Å². The molecule has 7 heteroatoms. The second kappa shape index (κ2) is 8.45. The molecule has 168 valence electrons. The van der Waals surface area contributed by atoms with Gasteiger partial charge in [0.1, 0.15) is 6.26 Å². The van der Waals surface area contributed by atoms with Crippen molar-refractivity contribution in [2.24, 2.45) is 0 Å². The summed E-state index contributed by atoms with van der Waals surface area (Å²) in [4.78, 5) is 20.1. The van der Waals surface area contributed by atoms with Gasteiger partial charge in [0.15, 0.2) is 0 Å². The second-order valence-corrected chi connectivity index (χ2v) is 10.3. The zero-order valence-corrected chi connectivity index (χ0v) is 19.7. The molecule has 1 unspecified atom stereocenters. The number of aromatic nitrogens is 1. The first-order chi connectivity index (χ1) is 15.9. The minimum atomic E-state index is -1.03. The number of hydrogen-bond acceptors (Lipinski definition) is 5. The maximum atomic E-state index is 13.6. The Morgan fingerprint density at radius 1 is 1.12 bits per heavy atom. The number of nitrogens with zero attached hydrogens (tertiary/aromatic N) is 4. The van der Waals surface area contributed by atoms with Gasteiger partial charge in [-0.3, -0.25) is 9.78 Å². The molecule has 5 rings (SSSR count). The molecule has 1 saturated heterocycles. The molecule has 0 bridgehead atoms. The lowest BCUT2D eigenvalue weighted by molar-refractivity contribution is 0.0699. The fourth-order valence-electron chi connectivity index (χ4n) is 4.64. The third-order valence-electron chi connectivity index (χ3n) is 6.83. The first kappa shape index (κ1) is 21.9. The predicted molar refractivity (Wildman–Crippen MR) is 130 cm³/mol. The van der Waals surface area contributed by atoms with Crippen LogP contribution in [-0.4, -0.2) is 57.1 Å². The first-order valence-electron chi connectivity index (χ1n) is 11.2. The van der Waals surface area contributed by atoms with E-state index in [0.29, 0.717) is 31.7 Å². The fraction of sp³-hybridized carbons (Fsp3) is 0.346. The average molecular weight is 459 g/mol. The highest BCUT2D eigenvalue weighted by Crippen LogP contribution is 2.48. The molecular formula is C26H26N4O2S. The summed E-state index contributed by atoms with van der Waals surface area (Å²) in [7, 11) is 0. The van der Waals surface area contributed by atoms with Crippen molar-refractivity contribution in [3.05, 3.63) is 65.4 Å². The number of nitriles is 1. The Bertz CT molecular complexity index is 1250. The van der Waals surface area contributed by atoms with Crippen LogP contribution in [0.25, 0.3) is 22.0 Å². The lowest BCUT2D eigenvalue weighted by Gasteiger charge is -2.33. The molecule has 2 aromatic carbocycles. The fourth-order valence-corrected chi connectivity index (χ4v) is 5.32. The normalized spacial score (nSPS) is 18.7.